The molecular weight excluding hydrogens is 404 g/mol. The molecule has 1 N–H and O–H groups in total. The lowest BCUT2D eigenvalue weighted by Crippen LogP contribution is -2.63. The van der Waals surface area contributed by atoms with Crippen LogP contribution in [-0.2, 0) is 19.1 Å². The lowest BCUT2D eigenvalue weighted by atomic mass is 9.47. The molecule has 0 aliphatic heterocycles. The quantitative estimate of drug-likeness (QED) is 0.542. The van der Waals surface area contributed by atoms with Crippen LogP contribution < -0.4 is 0 Å². The largest absolute Gasteiger partial charge is 0.450 e. The fraction of sp³-hybridized carbons (Fsp3) is 0.708. The number of carbonyl (C=O) groups excluding carboxylic acids is 3. The summed E-state index contributed by atoms with van der Waals surface area (Å²) in [6.07, 6.45) is 8.44. The molecule has 164 valence electrons. The van der Waals surface area contributed by atoms with E-state index in [9.17, 15) is 19.5 Å². The SMILES string of the molecule is CC(=O)O[C@]1(C(=O)CO)[C@@H](C)C[C@H]2[C@@H]3CCC4=CC(=O)C=C[C@]4(C)[C@H]3[C@@H](Cl)C[C@@]21C. The van der Waals surface area contributed by atoms with Gasteiger partial charge in [0.2, 0.25) is 5.78 Å². The zero-order chi connectivity index (χ0) is 22.1. The molecule has 3 saturated carbocycles. The molecule has 3 fully saturated rings. The second-order valence-corrected chi connectivity index (χ2v) is 10.8. The summed E-state index contributed by atoms with van der Waals surface area (Å²) in [6.45, 7) is 6.82. The molecule has 0 saturated heterocycles. The van der Waals surface area contributed by atoms with E-state index in [2.05, 4.69) is 6.92 Å². The molecule has 4 rings (SSSR count). The summed E-state index contributed by atoms with van der Waals surface area (Å²) < 4.78 is 5.83. The molecule has 6 heteroatoms. The number of allylic oxidation sites excluding steroid dienone is 4. The van der Waals surface area contributed by atoms with Crippen molar-refractivity contribution >= 4 is 29.1 Å². The van der Waals surface area contributed by atoms with Gasteiger partial charge in [-0.2, -0.15) is 0 Å². The molecular formula is C24H31ClO5. The van der Waals surface area contributed by atoms with Gasteiger partial charge in [0.05, 0.1) is 0 Å². The predicted molar refractivity (Wildman–Crippen MR) is 113 cm³/mol. The zero-order valence-electron chi connectivity index (χ0n) is 18.1. The van der Waals surface area contributed by atoms with E-state index in [1.54, 1.807) is 12.2 Å². The number of ether oxygens (including phenoxy) is 1. The number of carbonyl (C=O) groups is 3. The highest BCUT2D eigenvalue weighted by atomic mass is 35.5. The first kappa shape index (κ1) is 21.8. The molecule has 4 aliphatic carbocycles. The van der Waals surface area contributed by atoms with E-state index in [4.69, 9.17) is 16.3 Å². The molecule has 0 radical (unpaired) electrons. The van der Waals surface area contributed by atoms with Crippen LogP contribution in [0, 0.1) is 34.5 Å². The smallest absolute Gasteiger partial charge is 0.303 e. The van der Waals surface area contributed by atoms with Crippen LogP contribution in [0.4, 0.5) is 0 Å². The number of ketones is 2. The number of rotatable bonds is 3. The second-order valence-electron chi connectivity index (χ2n) is 10.2. The standard InChI is InChI=1S/C24H31ClO5/c1-13-9-18-17-6-5-15-10-16(28)7-8-22(15,3)21(17)19(25)11-23(18,4)24(13,20(29)12-26)30-14(2)27/h7-8,10,13,17-19,21,26H,5-6,9,11-12H2,1-4H3/t13-,17-,18-,19-,21+,22-,23-,24-/m0/s1. The summed E-state index contributed by atoms with van der Waals surface area (Å²) >= 11 is 7.09. The van der Waals surface area contributed by atoms with Gasteiger partial charge in [-0.05, 0) is 55.6 Å². The second kappa shape index (κ2) is 7.03. The van der Waals surface area contributed by atoms with E-state index < -0.39 is 29.4 Å². The average molecular weight is 435 g/mol. The first-order valence-electron chi connectivity index (χ1n) is 10.9. The Balaban J connectivity index is 1.81. The van der Waals surface area contributed by atoms with Crippen molar-refractivity contribution < 1.29 is 24.2 Å². The van der Waals surface area contributed by atoms with Crippen LogP contribution in [0.15, 0.2) is 23.8 Å². The topological polar surface area (TPSA) is 80.7 Å². The van der Waals surface area contributed by atoms with E-state index in [-0.39, 0.29) is 40.2 Å². The summed E-state index contributed by atoms with van der Waals surface area (Å²) in [5.41, 5.74) is -1.13. The number of aliphatic hydroxyl groups is 1. The van der Waals surface area contributed by atoms with Crippen LogP contribution in [0.5, 0.6) is 0 Å². The monoisotopic (exact) mass is 434 g/mol. The van der Waals surface area contributed by atoms with Crippen molar-refractivity contribution in [3.05, 3.63) is 23.8 Å². The molecule has 0 unspecified atom stereocenters. The Hall–Kier alpha value is -1.46. The van der Waals surface area contributed by atoms with Gasteiger partial charge in [-0.15, -0.1) is 11.6 Å². The molecule has 0 bridgehead atoms. The number of hydrogen-bond donors (Lipinski definition) is 1. The average Bonchev–Trinajstić information content (AvgIpc) is 2.88. The summed E-state index contributed by atoms with van der Waals surface area (Å²) in [6, 6.07) is 0. The maximum absolute atomic E-state index is 13.1. The van der Waals surface area contributed by atoms with Gasteiger partial charge in [-0.25, -0.2) is 0 Å². The van der Waals surface area contributed by atoms with Gasteiger partial charge in [-0.1, -0.05) is 32.4 Å². The van der Waals surface area contributed by atoms with Gasteiger partial charge in [0.25, 0.3) is 0 Å². The fourth-order valence-corrected chi connectivity index (χ4v) is 8.55. The van der Waals surface area contributed by atoms with Crippen LogP contribution >= 0.6 is 11.6 Å². The van der Waals surface area contributed by atoms with Gasteiger partial charge in [-0.3, -0.25) is 14.4 Å². The van der Waals surface area contributed by atoms with Gasteiger partial charge < -0.3 is 9.84 Å². The molecule has 0 aromatic heterocycles. The Morgan fingerprint density at radius 2 is 2.03 bits per heavy atom. The minimum atomic E-state index is -1.36. The van der Waals surface area contributed by atoms with Crippen molar-refractivity contribution in [2.75, 3.05) is 6.61 Å². The van der Waals surface area contributed by atoms with Gasteiger partial charge in [0, 0.05) is 29.0 Å². The third kappa shape index (κ3) is 2.67. The van der Waals surface area contributed by atoms with E-state index in [1.165, 1.54) is 6.92 Å². The number of alkyl halides is 1. The molecule has 0 amide bonds. The fourth-order valence-electron chi connectivity index (χ4n) is 7.79. The van der Waals surface area contributed by atoms with E-state index in [1.807, 2.05) is 19.9 Å². The highest BCUT2D eigenvalue weighted by molar-refractivity contribution is 6.21. The molecule has 30 heavy (non-hydrogen) atoms. The van der Waals surface area contributed by atoms with Crippen LogP contribution in [0.3, 0.4) is 0 Å². The third-order valence-electron chi connectivity index (χ3n) is 8.86. The summed E-state index contributed by atoms with van der Waals surface area (Å²) in [5.74, 6) is -0.566. The molecule has 5 nitrogen and oxygen atoms in total. The van der Waals surface area contributed by atoms with Gasteiger partial charge >= 0.3 is 5.97 Å². The lowest BCUT2D eigenvalue weighted by Gasteiger charge is -2.60. The lowest BCUT2D eigenvalue weighted by molar-refractivity contribution is -0.194. The van der Waals surface area contributed by atoms with E-state index >= 15 is 0 Å². The summed E-state index contributed by atoms with van der Waals surface area (Å²) in [5, 5.41) is 9.55. The van der Waals surface area contributed by atoms with Gasteiger partial charge in [0.15, 0.2) is 11.4 Å². The number of fused-ring (bicyclic) bond motifs is 5. The Labute approximate surface area is 182 Å². The Kier molecular flexibility index (Phi) is 5.10. The number of hydrogen-bond acceptors (Lipinski definition) is 5. The first-order valence-corrected chi connectivity index (χ1v) is 11.4. The first-order chi connectivity index (χ1) is 14.0. The highest BCUT2D eigenvalue weighted by Crippen LogP contribution is 2.69. The van der Waals surface area contributed by atoms with Crippen molar-refractivity contribution in [3.63, 3.8) is 0 Å². The molecule has 8 atom stereocenters. The summed E-state index contributed by atoms with van der Waals surface area (Å²) in [7, 11) is 0. The molecule has 0 spiro atoms. The molecule has 0 heterocycles. The van der Waals surface area contributed by atoms with Crippen LogP contribution in [-0.4, -0.2) is 40.2 Å². The van der Waals surface area contributed by atoms with Crippen molar-refractivity contribution in [2.24, 2.45) is 34.5 Å². The molecule has 4 aliphatic rings. The predicted octanol–water partition coefficient (Wildman–Crippen LogP) is 3.62. The number of esters is 1. The highest BCUT2D eigenvalue weighted by Gasteiger charge is 2.72. The van der Waals surface area contributed by atoms with E-state index in [0.717, 1.165) is 24.8 Å². The normalized spacial score (nSPS) is 47.1. The van der Waals surface area contributed by atoms with Crippen LogP contribution in [0.2, 0.25) is 0 Å². The summed E-state index contributed by atoms with van der Waals surface area (Å²) in [4.78, 5) is 37.2. The molecule has 0 aromatic rings. The van der Waals surface area contributed by atoms with Crippen molar-refractivity contribution in [1.82, 2.24) is 0 Å². The Morgan fingerprint density at radius 3 is 2.67 bits per heavy atom. The van der Waals surface area contributed by atoms with E-state index in [0.29, 0.717) is 6.42 Å². The third-order valence-corrected chi connectivity index (χ3v) is 9.29. The Bertz CT molecular complexity index is 862. The maximum Gasteiger partial charge on any atom is 0.303 e. The van der Waals surface area contributed by atoms with Crippen LogP contribution in [0.1, 0.15) is 53.4 Å². The zero-order valence-corrected chi connectivity index (χ0v) is 18.9. The number of Topliss-reactive ketones (excluding diaryl/α,β-unsaturated/α-hetero) is 1. The molecule has 0 aromatic carbocycles. The minimum Gasteiger partial charge on any atom is -0.450 e. The number of halogens is 1. The van der Waals surface area contributed by atoms with Crippen molar-refractivity contribution in [3.8, 4) is 0 Å². The van der Waals surface area contributed by atoms with Crippen molar-refractivity contribution in [1.29, 1.82) is 0 Å². The van der Waals surface area contributed by atoms with Crippen LogP contribution in [0.25, 0.3) is 0 Å². The van der Waals surface area contributed by atoms with Gasteiger partial charge in [0.1, 0.15) is 6.61 Å². The van der Waals surface area contributed by atoms with Crippen molar-refractivity contribution in [2.45, 2.75) is 64.4 Å². The minimum absolute atomic E-state index is 0.0320. The number of aliphatic hydroxyl groups excluding tert-OH is 1. The Morgan fingerprint density at radius 1 is 1.33 bits per heavy atom. The maximum atomic E-state index is 13.1.